The Morgan fingerprint density at radius 2 is 2.00 bits per heavy atom. The van der Waals surface area contributed by atoms with E-state index in [-0.39, 0.29) is 35.5 Å². The zero-order valence-electron chi connectivity index (χ0n) is 7.33. The van der Waals surface area contributed by atoms with Crippen LogP contribution in [0.1, 0.15) is 22.8 Å². The first-order chi connectivity index (χ1) is 5.75. The van der Waals surface area contributed by atoms with Gasteiger partial charge in [-0.3, -0.25) is 0 Å². The van der Waals surface area contributed by atoms with Gasteiger partial charge in [-0.1, -0.05) is 18.2 Å². The quantitative estimate of drug-likeness (QED) is 0.519. The monoisotopic (exact) mass is 188 g/mol. The first-order valence-corrected chi connectivity index (χ1v) is 3.98. The van der Waals surface area contributed by atoms with Gasteiger partial charge in [-0.15, -0.1) is 0 Å². The molecule has 0 aliphatic heterocycles. The summed E-state index contributed by atoms with van der Waals surface area (Å²) in [6, 6.07) is 7.40. The van der Waals surface area contributed by atoms with Gasteiger partial charge in [-0.05, 0) is 25.5 Å². The minimum absolute atomic E-state index is 0. The molecule has 0 saturated carbocycles. The number of ether oxygens (including phenoxy) is 1. The summed E-state index contributed by atoms with van der Waals surface area (Å²) in [6.45, 7) is 4.12. The van der Waals surface area contributed by atoms with E-state index in [1.165, 1.54) is 0 Å². The summed E-state index contributed by atoms with van der Waals surface area (Å²) >= 11 is 0. The molecule has 0 unspecified atom stereocenters. The number of carbonyl (C=O) groups is 1. The predicted molar refractivity (Wildman–Crippen MR) is 54.3 cm³/mol. The van der Waals surface area contributed by atoms with Crippen LogP contribution in [0.3, 0.4) is 0 Å². The Balaban J connectivity index is 0.00000144. The average Bonchev–Trinajstić information content (AvgIpc) is 2.05. The van der Waals surface area contributed by atoms with Crippen LogP contribution in [0.25, 0.3) is 0 Å². The normalized spacial score (nSPS) is 8.77. The van der Waals surface area contributed by atoms with E-state index in [1.807, 2.05) is 25.1 Å². The number of benzene rings is 1. The fraction of sp³-hybridized carbons (Fsp3) is 0.300. The predicted octanol–water partition coefficient (Wildman–Crippen LogP) is 1.52. The molecule has 0 aromatic heterocycles. The van der Waals surface area contributed by atoms with E-state index in [4.69, 9.17) is 4.74 Å². The zero-order chi connectivity index (χ0) is 8.97. The Labute approximate surface area is 101 Å². The van der Waals surface area contributed by atoms with E-state index in [0.29, 0.717) is 12.2 Å². The molecule has 0 N–H and O–H groups in total. The van der Waals surface area contributed by atoms with Crippen LogP contribution >= 0.6 is 0 Å². The number of esters is 1. The van der Waals surface area contributed by atoms with Crippen molar-refractivity contribution in [2.75, 3.05) is 6.61 Å². The van der Waals surface area contributed by atoms with Crippen molar-refractivity contribution in [2.45, 2.75) is 13.8 Å². The molecule has 0 radical (unpaired) electrons. The summed E-state index contributed by atoms with van der Waals surface area (Å²) in [4.78, 5) is 11.2. The summed E-state index contributed by atoms with van der Waals surface area (Å²) in [5.41, 5.74) is 1.61. The van der Waals surface area contributed by atoms with Crippen molar-refractivity contribution in [2.24, 2.45) is 0 Å². The minimum atomic E-state index is -0.240. The standard InChI is InChI=1S/C10H12O2.Na.H/c1-3-12-10(11)9-7-5-4-6-8(9)2;;/h4-7H,3H2,1-2H3;;. The molecule has 1 rings (SSSR count). The van der Waals surface area contributed by atoms with Crippen molar-refractivity contribution < 1.29 is 9.53 Å². The average molecular weight is 188 g/mol. The van der Waals surface area contributed by atoms with Gasteiger partial charge in [0.25, 0.3) is 0 Å². The summed E-state index contributed by atoms with van der Waals surface area (Å²) in [6.07, 6.45) is 0. The molecule has 0 atom stereocenters. The van der Waals surface area contributed by atoms with Crippen molar-refractivity contribution in [3.8, 4) is 0 Å². The van der Waals surface area contributed by atoms with Gasteiger partial charge in [-0.2, -0.15) is 0 Å². The van der Waals surface area contributed by atoms with E-state index < -0.39 is 0 Å². The molecule has 0 saturated heterocycles. The zero-order valence-corrected chi connectivity index (χ0v) is 7.33. The van der Waals surface area contributed by atoms with E-state index >= 15 is 0 Å². The van der Waals surface area contributed by atoms with Gasteiger partial charge in [0.05, 0.1) is 12.2 Å². The van der Waals surface area contributed by atoms with E-state index in [9.17, 15) is 4.79 Å². The Kier molecular flexibility index (Phi) is 6.04. The number of aryl methyl sites for hydroxylation is 1. The van der Waals surface area contributed by atoms with Crippen LogP contribution < -0.4 is 0 Å². The Morgan fingerprint density at radius 1 is 1.38 bits per heavy atom. The summed E-state index contributed by atoms with van der Waals surface area (Å²) in [7, 11) is 0. The fourth-order valence-electron chi connectivity index (χ4n) is 1.01. The molecule has 0 aliphatic carbocycles. The topological polar surface area (TPSA) is 26.3 Å². The molecular weight excluding hydrogens is 175 g/mol. The second-order valence-corrected chi connectivity index (χ2v) is 2.54. The van der Waals surface area contributed by atoms with Crippen LogP contribution in [-0.2, 0) is 4.74 Å². The maximum absolute atomic E-state index is 11.2. The third-order valence-electron chi connectivity index (χ3n) is 1.64. The van der Waals surface area contributed by atoms with Gasteiger partial charge in [0, 0.05) is 0 Å². The third-order valence-corrected chi connectivity index (χ3v) is 1.64. The van der Waals surface area contributed by atoms with Crippen LogP contribution in [0.2, 0.25) is 0 Å². The van der Waals surface area contributed by atoms with E-state index in [2.05, 4.69) is 0 Å². The summed E-state index contributed by atoms with van der Waals surface area (Å²) < 4.78 is 4.87. The Hall–Kier alpha value is -0.310. The molecule has 0 amide bonds. The fourth-order valence-corrected chi connectivity index (χ4v) is 1.01. The second-order valence-electron chi connectivity index (χ2n) is 2.54. The van der Waals surface area contributed by atoms with Crippen LogP contribution in [-0.4, -0.2) is 42.1 Å². The molecule has 0 heterocycles. The van der Waals surface area contributed by atoms with Gasteiger partial charge in [0.15, 0.2) is 0 Å². The Bertz CT molecular complexity index is 284. The van der Waals surface area contributed by atoms with Gasteiger partial charge in [0.1, 0.15) is 0 Å². The van der Waals surface area contributed by atoms with Crippen LogP contribution in [0.5, 0.6) is 0 Å². The van der Waals surface area contributed by atoms with Gasteiger partial charge in [0.2, 0.25) is 0 Å². The molecule has 2 nitrogen and oxygen atoms in total. The van der Waals surface area contributed by atoms with Gasteiger partial charge < -0.3 is 4.74 Å². The maximum atomic E-state index is 11.2. The Morgan fingerprint density at radius 3 is 2.54 bits per heavy atom. The number of rotatable bonds is 2. The van der Waals surface area contributed by atoms with Crippen molar-refractivity contribution in [1.82, 2.24) is 0 Å². The van der Waals surface area contributed by atoms with Crippen molar-refractivity contribution in [3.63, 3.8) is 0 Å². The molecule has 1 aromatic carbocycles. The van der Waals surface area contributed by atoms with E-state index in [1.54, 1.807) is 13.0 Å². The number of hydrogen-bond donors (Lipinski definition) is 0. The van der Waals surface area contributed by atoms with Crippen molar-refractivity contribution in [3.05, 3.63) is 35.4 Å². The first-order valence-electron chi connectivity index (χ1n) is 3.98. The molecule has 0 aliphatic rings. The molecular formula is C10H13NaO2. The molecule has 0 fully saturated rings. The third kappa shape index (κ3) is 3.51. The SMILES string of the molecule is CCOC(=O)c1ccccc1C.[NaH]. The number of carbonyl (C=O) groups excluding carboxylic acids is 1. The van der Waals surface area contributed by atoms with Crippen LogP contribution in [0.15, 0.2) is 24.3 Å². The molecule has 0 bridgehead atoms. The van der Waals surface area contributed by atoms with Gasteiger partial charge >= 0.3 is 35.5 Å². The van der Waals surface area contributed by atoms with Crippen molar-refractivity contribution >= 4 is 35.5 Å². The molecule has 13 heavy (non-hydrogen) atoms. The molecule has 0 spiro atoms. The van der Waals surface area contributed by atoms with Crippen molar-refractivity contribution in [1.29, 1.82) is 0 Å². The first kappa shape index (κ1) is 12.7. The van der Waals surface area contributed by atoms with Gasteiger partial charge in [-0.25, -0.2) is 4.79 Å². The second kappa shape index (κ2) is 6.19. The van der Waals surface area contributed by atoms with Crippen LogP contribution in [0, 0.1) is 6.92 Å². The summed E-state index contributed by atoms with van der Waals surface area (Å²) in [5, 5.41) is 0. The number of hydrogen-bond acceptors (Lipinski definition) is 2. The molecule has 3 heteroatoms. The van der Waals surface area contributed by atoms with Crippen LogP contribution in [0.4, 0.5) is 0 Å². The van der Waals surface area contributed by atoms with E-state index in [0.717, 1.165) is 5.56 Å². The molecule has 1 aromatic rings. The summed E-state index contributed by atoms with van der Waals surface area (Å²) in [5.74, 6) is -0.240. The molecule has 66 valence electrons.